The number of rotatable bonds is 8. The Hall–Kier alpha value is -3.03. The van der Waals surface area contributed by atoms with Gasteiger partial charge in [0.1, 0.15) is 12.4 Å². The molecule has 0 unspecified atom stereocenters. The van der Waals surface area contributed by atoms with E-state index in [0.29, 0.717) is 10.8 Å². The van der Waals surface area contributed by atoms with Crippen molar-refractivity contribution in [2.45, 2.75) is 43.1 Å². The van der Waals surface area contributed by atoms with Crippen molar-refractivity contribution in [1.82, 2.24) is 0 Å². The average Bonchev–Trinajstić information content (AvgIpc) is 3.33. The van der Waals surface area contributed by atoms with Crippen LogP contribution in [0.2, 0.25) is 5.02 Å². The maximum atomic E-state index is 13.4. The predicted molar refractivity (Wildman–Crippen MR) is 128 cm³/mol. The van der Waals surface area contributed by atoms with Gasteiger partial charge >= 0.3 is 5.97 Å². The van der Waals surface area contributed by atoms with Crippen molar-refractivity contribution >= 4 is 33.3 Å². The largest absolute Gasteiger partial charge is 0.487 e. The smallest absolute Gasteiger partial charge is 0.335 e. The van der Waals surface area contributed by atoms with Crippen molar-refractivity contribution in [2.24, 2.45) is 0 Å². The van der Waals surface area contributed by atoms with Crippen molar-refractivity contribution < 1.29 is 23.1 Å². The number of anilines is 1. The SMILES string of the molecule is O=C(O)c1ccc(COc2ccc(Cl)cc2NS(=O)(=O)c2ccccc2C2CCCC2)cc1. The number of hydrogen-bond acceptors (Lipinski definition) is 4. The summed E-state index contributed by atoms with van der Waals surface area (Å²) < 4.78 is 35.2. The van der Waals surface area contributed by atoms with Gasteiger partial charge in [0.05, 0.1) is 16.1 Å². The molecule has 3 aromatic carbocycles. The maximum Gasteiger partial charge on any atom is 0.335 e. The fourth-order valence-electron chi connectivity index (χ4n) is 4.11. The number of benzene rings is 3. The minimum atomic E-state index is -3.87. The van der Waals surface area contributed by atoms with Gasteiger partial charge in [-0.1, -0.05) is 54.8 Å². The summed E-state index contributed by atoms with van der Waals surface area (Å²) in [6, 6.07) is 18.1. The number of aromatic carboxylic acids is 1. The molecule has 8 heteroatoms. The number of carboxylic acid groups (broad SMARTS) is 1. The van der Waals surface area contributed by atoms with Gasteiger partial charge in [-0.2, -0.15) is 0 Å². The number of halogens is 1. The van der Waals surface area contributed by atoms with Crippen LogP contribution in [0, 0.1) is 0 Å². The van der Waals surface area contributed by atoms with Crippen LogP contribution in [0.4, 0.5) is 5.69 Å². The summed E-state index contributed by atoms with van der Waals surface area (Å²) in [4.78, 5) is 11.3. The lowest BCUT2D eigenvalue weighted by Gasteiger charge is -2.18. The van der Waals surface area contributed by atoms with Crippen molar-refractivity contribution in [1.29, 1.82) is 0 Å². The fraction of sp³-hybridized carbons (Fsp3) is 0.240. The molecule has 6 nitrogen and oxygen atoms in total. The number of nitrogens with one attached hydrogen (secondary N) is 1. The van der Waals surface area contributed by atoms with Crippen LogP contribution < -0.4 is 9.46 Å². The molecule has 0 aliphatic heterocycles. The molecule has 0 atom stereocenters. The van der Waals surface area contributed by atoms with Gasteiger partial charge in [-0.25, -0.2) is 13.2 Å². The Kier molecular flexibility index (Phi) is 6.91. The fourth-order valence-corrected chi connectivity index (χ4v) is 5.65. The Bertz CT molecular complexity index is 1250. The second-order valence-electron chi connectivity index (χ2n) is 8.06. The first-order valence-electron chi connectivity index (χ1n) is 10.7. The number of carboxylic acids is 1. The van der Waals surface area contributed by atoms with E-state index in [4.69, 9.17) is 21.4 Å². The van der Waals surface area contributed by atoms with Crippen LogP contribution in [0.1, 0.15) is 53.1 Å². The van der Waals surface area contributed by atoms with Crippen molar-refractivity contribution in [2.75, 3.05) is 4.72 Å². The summed E-state index contributed by atoms with van der Waals surface area (Å²) in [5.41, 5.74) is 2.01. The third-order valence-corrected chi connectivity index (χ3v) is 7.46. The molecule has 33 heavy (non-hydrogen) atoms. The molecule has 0 saturated heterocycles. The van der Waals surface area contributed by atoms with Crippen LogP contribution in [-0.2, 0) is 16.6 Å². The summed E-state index contributed by atoms with van der Waals surface area (Å²) in [5.74, 6) is -0.444. The van der Waals surface area contributed by atoms with E-state index in [2.05, 4.69) is 4.72 Å². The molecule has 0 aromatic heterocycles. The van der Waals surface area contributed by atoms with Crippen LogP contribution in [0.25, 0.3) is 0 Å². The quantitative estimate of drug-likeness (QED) is 0.403. The zero-order valence-corrected chi connectivity index (χ0v) is 19.4. The molecule has 2 N–H and O–H groups in total. The maximum absolute atomic E-state index is 13.4. The zero-order valence-electron chi connectivity index (χ0n) is 17.8. The number of sulfonamides is 1. The van der Waals surface area contributed by atoms with Crippen LogP contribution in [0.15, 0.2) is 71.6 Å². The molecule has 0 bridgehead atoms. The molecule has 0 amide bonds. The Balaban J connectivity index is 1.57. The average molecular weight is 486 g/mol. The number of hydrogen-bond donors (Lipinski definition) is 2. The predicted octanol–water partition coefficient (Wildman–Crippen LogP) is 6.08. The highest BCUT2D eigenvalue weighted by atomic mass is 35.5. The second-order valence-corrected chi connectivity index (χ2v) is 10.1. The van der Waals surface area contributed by atoms with Gasteiger partial charge in [-0.3, -0.25) is 4.72 Å². The van der Waals surface area contributed by atoms with Crippen molar-refractivity contribution in [3.8, 4) is 5.75 Å². The number of carbonyl (C=O) groups is 1. The molecule has 172 valence electrons. The third-order valence-electron chi connectivity index (χ3n) is 5.78. The van der Waals surface area contributed by atoms with Crippen molar-refractivity contribution in [3.05, 3.63) is 88.4 Å². The molecule has 1 fully saturated rings. The van der Waals surface area contributed by atoms with Crippen LogP contribution in [-0.4, -0.2) is 19.5 Å². The molecule has 0 heterocycles. The zero-order chi connectivity index (χ0) is 23.4. The van der Waals surface area contributed by atoms with E-state index in [-0.39, 0.29) is 28.7 Å². The van der Waals surface area contributed by atoms with Gasteiger partial charge in [-0.15, -0.1) is 0 Å². The second kappa shape index (κ2) is 9.85. The molecular weight excluding hydrogens is 462 g/mol. The first-order valence-corrected chi connectivity index (χ1v) is 12.6. The molecule has 3 aromatic rings. The molecule has 1 saturated carbocycles. The van der Waals surface area contributed by atoms with E-state index < -0.39 is 16.0 Å². The molecule has 0 spiro atoms. The number of ether oxygens (including phenoxy) is 1. The molecule has 0 radical (unpaired) electrons. The lowest BCUT2D eigenvalue weighted by molar-refractivity contribution is 0.0697. The van der Waals surface area contributed by atoms with Crippen molar-refractivity contribution in [3.63, 3.8) is 0 Å². The van der Waals surface area contributed by atoms with E-state index in [0.717, 1.165) is 36.8 Å². The van der Waals surface area contributed by atoms with E-state index in [9.17, 15) is 13.2 Å². The first kappa shape index (κ1) is 23.1. The van der Waals surface area contributed by atoms with Crippen LogP contribution >= 0.6 is 11.6 Å². The Morgan fingerprint density at radius 3 is 2.42 bits per heavy atom. The summed E-state index contributed by atoms with van der Waals surface area (Å²) >= 11 is 6.14. The molecule has 1 aliphatic rings. The molecular formula is C25H24ClNO5S. The van der Waals surface area contributed by atoms with Gasteiger partial charge < -0.3 is 9.84 Å². The molecule has 4 rings (SSSR count). The Morgan fingerprint density at radius 2 is 1.73 bits per heavy atom. The highest BCUT2D eigenvalue weighted by Gasteiger charge is 2.26. The molecule has 1 aliphatic carbocycles. The van der Waals surface area contributed by atoms with E-state index in [1.54, 1.807) is 36.4 Å². The highest BCUT2D eigenvalue weighted by molar-refractivity contribution is 7.92. The normalized spacial score (nSPS) is 14.2. The Labute approximate surface area is 198 Å². The van der Waals surface area contributed by atoms with E-state index in [1.807, 2.05) is 12.1 Å². The Morgan fingerprint density at radius 1 is 1.03 bits per heavy atom. The van der Waals surface area contributed by atoms with E-state index >= 15 is 0 Å². The standard InChI is InChI=1S/C25H24ClNO5S/c26-20-13-14-23(32-16-17-9-11-19(12-10-17)25(28)29)22(15-20)27-33(30,31)24-8-4-3-7-21(24)18-5-1-2-6-18/h3-4,7-15,18,27H,1-2,5-6,16H2,(H,28,29). The van der Waals surface area contributed by atoms with Gasteiger partial charge in [-0.05, 0) is 66.3 Å². The van der Waals surface area contributed by atoms with Gasteiger partial charge in [0.25, 0.3) is 10.0 Å². The van der Waals surface area contributed by atoms with Crippen LogP contribution in [0.3, 0.4) is 0 Å². The summed E-state index contributed by atoms with van der Waals surface area (Å²) in [7, 11) is -3.87. The first-order chi connectivity index (χ1) is 15.8. The van der Waals surface area contributed by atoms with Crippen LogP contribution in [0.5, 0.6) is 5.75 Å². The third kappa shape index (κ3) is 5.49. The summed E-state index contributed by atoms with van der Waals surface area (Å²) in [5, 5.41) is 9.40. The van der Waals surface area contributed by atoms with Gasteiger partial charge in [0.2, 0.25) is 0 Å². The topological polar surface area (TPSA) is 92.7 Å². The lowest BCUT2D eigenvalue weighted by atomic mass is 9.98. The minimum Gasteiger partial charge on any atom is -0.487 e. The van der Waals surface area contributed by atoms with Gasteiger partial charge in [0, 0.05) is 5.02 Å². The highest BCUT2D eigenvalue weighted by Crippen LogP contribution is 2.38. The summed E-state index contributed by atoms with van der Waals surface area (Å²) in [6.07, 6.45) is 4.18. The monoisotopic (exact) mass is 485 g/mol. The van der Waals surface area contributed by atoms with Gasteiger partial charge in [0.15, 0.2) is 0 Å². The lowest BCUT2D eigenvalue weighted by Crippen LogP contribution is -2.16. The minimum absolute atomic E-state index is 0.134. The summed E-state index contributed by atoms with van der Waals surface area (Å²) in [6.45, 7) is 0.134. The van der Waals surface area contributed by atoms with E-state index in [1.165, 1.54) is 18.2 Å².